The summed E-state index contributed by atoms with van der Waals surface area (Å²) in [5.41, 5.74) is -0.00330. The highest BCUT2D eigenvalue weighted by molar-refractivity contribution is 5.32. The average molecular weight is 424 g/mol. The zero-order chi connectivity index (χ0) is 21.0. The molecular weight excluding hydrogens is 403 g/mol. The van der Waals surface area contributed by atoms with Crippen molar-refractivity contribution in [2.75, 3.05) is 33.0 Å². The summed E-state index contributed by atoms with van der Waals surface area (Å²) in [4.78, 5) is 0. The first-order valence-corrected chi connectivity index (χ1v) is 9.04. The molecule has 0 aromatic heterocycles. The van der Waals surface area contributed by atoms with Crippen LogP contribution in [0.15, 0.2) is 24.3 Å². The molecular formula is C19H21F5O5. The fraction of sp³-hybridized carbons (Fsp3) is 0.579. The third-order valence-corrected chi connectivity index (χ3v) is 4.39. The Kier molecular flexibility index (Phi) is 7.10. The number of hydrogen-bond acceptors (Lipinski definition) is 5. The Morgan fingerprint density at radius 2 is 1.59 bits per heavy atom. The quantitative estimate of drug-likeness (QED) is 0.526. The first kappa shape index (κ1) is 21.9. The Balaban J connectivity index is 1.55. The lowest BCUT2D eigenvalue weighted by Crippen LogP contribution is -2.42. The van der Waals surface area contributed by atoms with Gasteiger partial charge in [0.1, 0.15) is 0 Å². The molecule has 0 aliphatic carbocycles. The predicted octanol–water partition coefficient (Wildman–Crippen LogP) is 4.13. The molecule has 2 saturated heterocycles. The van der Waals surface area contributed by atoms with Gasteiger partial charge in [-0.25, -0.2) is 8.78 Å². The van der Waals surface area contributed by atoms with Gasteiger partial charge in [0, 0.05) is 11.5 Å². The highest BCUT2D eigenvalue weighted by Crippen LogP contribution is 2.33. The molecule has 2 heterocycles. The summed E-state index contributed by atoms with van der Waals surface area (Å²) in [5, 5.41) is 0. The Hall–Kier alpha value is -1.75. The molecule has 0 spiro atoms. The number of alkyl halides is 3. The van der Waals surface area contributed by atoms with Crippen LogP contribution in [0.1, 0.15) is 18.8 Å². The fourth-order valence-corrected chi connectivity index (χ4v) is 3.06. The summed E-state index contributed by atoms with van der Waals surface area (Å²) >= 11 is 0. The maximum Gasteiger partial charge on any atom is 0.422 e. The second kappa shape index (κ2) is 9.38. The number of rotatable bonds is 5. The van der Waals surface area contributed by atoms with E-state index in [9.17, 15) is 22.0 Å². The average Bonchev–Trinajstić information content (AvgIpc) is 2.67. The van der Waals surface area contributed by atoms with Gasteiger partial charge in [-0.3, -0.25) is 0 Å². The molecule has 0 radical (unpaired) electrons. The second-order valence-corrected chi connectivity index (χ2v) is 6.80. The van der Waals surface area contributed by atoms with Gasteiger partial charge in [0.2, 0.25) is 0 Å². The van der Waals surface area contributed by atoms with E-state index in [0.717, 1.165) is 12.1 Å². The highest BCUT2D eigenvalue weighted by Gasteiger charge is 2.35. The van der Waals surface area contributed by atoms with E-state index in [1.807, 2.05) is 19.1 Å². The first-order chi connectivity index (χ1) is 13.8. The van der Waals surface area contributed by atoms with Gasteiger partial charge in [0.25, 0.3) is 0 Å². The van der Waals surface area contributed by atoms with Gasteiger partial charge in [-0.05, 0) is 19.1 Å². The minimum atomic E-state index is -4.71. The normalized spacial score (nSPS) is 28.6. The predicted molar refractivity (Wildman–Crippen MR) is 90.0 cm³/mol. The smallest absolute Gasteiger partial charge is 0.422 e. The maximum absolute atomic E-state index is 14.0. The molecule has 0 amide bonds. The topological polar surface area (TPSA) is 46.2 Å². The van der Waals surface area contributed by atoms with Gasteiger partial charge in [-0.1, -0.05) is 12.2 Å². The molecule has 29 heavy (non-hydrogen) atoms. The molecule has 2 aliphatic rings. The number of allylic oxidation sites excluding steroid dienone is 1. The van der Waals surface area contributed by atoms with E-state index in [1.54, 1.807) is 0 Å². The van der Waals surface area contributed by atoms with Crippen molar-refractivity contribution in [1.82, 2.24) is 0 Å². The van der Waals surface area contributed by atoms with Crippen molar-refractivity contribution in [3.8, 4) is 5.75 Å². The van der Waals surface area contributed by atoms with E-state index < -0.39 is 42.7 Å². The molecule has 0 saturated carbocycles. The maximum atomic E-state index is 14.0. The van der Waals surface area contributed by atoms with Gasteiger partial charge in [0.05, 0.1) is 32.3 Å². The van der Waals surface area contributed by atoms with Gasteiger partial charge >= 0.3 is 6.18 Å². The molecule has 2 aliphatic heterocycles. The van der Waals surface area contributed by atoms with Crippen LogP contribution in [-0.4, -0.2) is 45.5 Å². The molecule has 1 aromatic rings. The lowest BCUT2D eigenvalue weighted by molar-refractivity contribution is -0.280. The summed E-state index contributed by atoms with van der Waals surface area (Å²) in [7, 11) is 0. The number of benzene rings is 1. The van der Waals surface area contributed by atoms with Crippen molar-refractivity contribution >= 4 is 0 Å². The largest absolute Gasteiger partial charge is 0.478 e. The summed E-state index contributed by atoms with van der Waals surface area (Å²) in [6.07, 6.45) is -2.37. The van der Waals surface area contributed by atoms with Crippen LogP contribution in [0, 0.1) is 23.5 Å². The van der Waals surface area contributed by atoms with Crippen molar-refractivity contribution in [3.63, 3.8) is 0 Å². The monoisotopic (exact) mass is 424 g/mol. The third kappa shape index (κ3) is 5.88. The second-order valence-electron chi connectivity index (χ2n) is 6.80. The minimum Gasteiger partial charge on any atom is -0.478 e. The first-order valence-electron chi connectivity index (χ1n) is 9.04. The van der Waals surface area contributed by atoms with Crippen LogP contribution in [0.4, 0.5) is 22.0 Å². The van der Waals surface area contributed by atoms with Crippen LogP contribution in [-0.2, 0) is 18.9 Å². The molecule has 0 bridgehead atoms. The van der Waals surface area contributed by atoms with Crippen molar-refractivity contribution in [2.24, 2.45) is 11.8 Å². The van der Waals surface area contributed by atoms with E-state index in [0.29, 0.717) is 13.2 Å². The van der Waals surface area contributed by atoms with Gasteiger partial charge < -0.3 is 23.7 Å². The number of halogens is 5. The fourth-order valence-electron chi connectivity index (χ4n) is 3.06. The Labute approximate surface area is 164 Å². The number of ether oxygens (including phenoxy) is 5. The van der Waals surface area contributed by atoms with Crippen molar-refractivity contribution in [2.45, 2.75) is 25.7 Å². The van der Waals surface area contributed by atoms with Gasteiger partial charge in [0.15, 0.2) is 36.6 Å². The van der Waals surface area contributed by atoms with Crippen LogP contribution < -0.4 is 4.74 Å². The van der Waals surface area contributed by atoms with Crippen molar-refractivity contribution in [1.29, 1.82) is 0 Å². The molecule has 0 N–H and O–H groups in total. The standard InChI is InChI=1S/C19H21F5O5/c1-2-3-11-6-25-18(26-7-11)13-8-27-17(28-9-13)12-4-14(20)16(15(21)5-12)29-10-19(22,23)24/h2-5,11,13,17-18H,6-10H2,1H3. The van der Waals surface area contributed by atoms with Gasteiger partial charge in [-0.2, -0.15) is 13.2 Å². The minimum absolute atomic E-state index is 0.00330. The Morgan fingerprint density at radius 1 is 1.00 bits per heavy atom. The summed E-state index contributed by atoms with van der Waals surface area (Å²) < 4.78 is 91.2. The van der Waals surface area contributed by atoms with E-state index in [4.69, 9.17) is 18.9 Å². The molecule has 10 heteroatoms. The van der Waals surface area contributed by atoms with Gasteiger partial charge in [-0.15, -0.1) is 0 Å². The SMILES string of the molecule is CC=CC1COC(C2COC(c3cc(F)c(OCC(F)(F)F)c(F)c3)OC2)OC1. The molecule has 3 rings (SSSR count). The third-order valence-electron chi connectivity index (χ3n) is 4.39. The van der Waals surface area contributed by atoms with E-state index in [1.165, 1.54) is 0 Å². The zero-order valence-corrected chi connectivity index (χ0v) is 15.6. The number of hydrogen-bond donors (Lipinski definition) is 0. The van der Waals surface area contributed by atoms with Crippen LogP contribution in [0.25, 0.3) is 0 Å². The summed E-state index contributed by atoms with van der Waals surface area (Å²) in [5.74, 6) is -3.68. The molecule has 0 unspecified atom stereocenters. The summed E-state index contributed by atoms with van der Waals surface area (Å²) in [6.45, 7) is 1.46. The lowest BCUT2D eigenvalue weighted by atomic mass is 10.1. The molecule has 162 valence electrons. The molecule has 2 fully saturated rings. The summed E-state index contributed by atoms with van der Waals surface area (Å²) in [6, 6.07) is 1.66. The van der Waals surface area contributed by atoms with Crippen LogP contribution >= 0.6 is 0 Å². The highest BCUT2D eigenvalue weighted by atomic mass is 19.4. The van der Waals surface area contributed by atoms with E-state index in [2.05, 4.69) is 4.74 Å². The molecule has 0 atom stereocenters. The van der Waals surface area contributed by atoms with Crippen LogP contribution in [0.5, 0.6) is 5.75 Å². The lowest BCUT2D eigenvalue weighted by Gasteiger charge is -2.37. The molecule has 5 nitrogen and oxygen atoms in total. The van der Waals surface area contributed by atoms with Crippen LogP contribution in [0.3, 0.4) is 0 Å². The Morgan fingerprint density at radius 3 is 2.10 bits per heavy atom. The van der Waals surface area contributed by atoms with E-state index in [-0.39, 0.29) is 30.6 Å². The van der Waals surface area contributed by atoms with E-state index >= 15 is 0 Å². The Bertz CT molecular complexity index is 684. The molecule has 1 aromatic carbocycles. The van der Waals surface area contributed by atoms with Crippen molar-refractivity contribution in [3.05, 3.63) is 41.5 Å². The van der Waals surface area contributed by atoms with Crippen molar-refractivity contribution < 1.29 is 45.6 Å². The van der Waals surface area contributed by atoms with Crippen LogP contribution in [0.2, 0.25) is 0 Å². The zero-order valence-electron chi connectivity index (χ0n) is 15.6.